The van der Waals surface area contributed by atoms with Gasteiger partial charge in [-0.1, -0.05) is 66.7 Å². The van der Waals surface area contributed by atoms with Crippen molar-refractivity contribution in [3.8, 4) is 0 Å². The van der Waals surface area contributed by atoms with Crippen molar-refractivity contribution in [3.05, 3.63) is 88.7 Å². The summed E-state index contributed by atoms with van der Waals surface area (Å²) in [6.45, 7) is 4.58. The van der Waals surface area contributed by atoms with Gasteiger partial charge in [0, 0.05) is 0 Å². The normalized spacial score (nSPS) is 11.0. The molecule has 0 amide bonds. The molecule has 1 aromatic heterocycles. The quantitative estimate of drug-likeness (QED) is 0.613. The fraction of sp³-hybridized carbons (Fsp3) is 0.182. The number of ether oxygens (including phenoxy) is 1. The number of carbonyl (C=O) groups is 1. The minimum absolute atomic E-state index is 0.336. The monoisotopic (exact) mass is 346 g/mol. The molecule has 132 valence electrons. The summed E-state index contributed by atoms with van der Waals surface area (Å²) in [4.78, 5) is 12.5. The van der Waals surface area contributed by atoms with Gasteiger partial charge in [-0.05, 0) is 31.1 Å². The van der Waals surface area contributed by atoms with Crippen LogP contribution in [-0.2, 0) is 11.3 Å². The minimum atomic E-state index is -0.336. The van der Waals surface area contributed by atoms with E-state index in [9.17, 15) is 4.79 Å². The topological polar surface area (TPSA) is 44.1 Å². The zero-order valence-electron chi connectivity index (χ0n) is 15.1. The van der Waals surface area contributed by atoms with E-state index in [4.69, 9.17) is 4.74 Å². The van der Waals surface area contributed by atoms with E-state index in [1.54, 1.807) is 6.92 Å². The highest BCUT2D eigenvalue weighted by atomic mass is 16.5. The molecule has 26 heavy (non-hydrogen) atoms. The molecule has 0 unspecified atom stereocenters. The van der Waals surface area contributed by atoms with Crippen LogP contribution in [0, 0.1) is 6.92 Å². The molecule has 0 atom stereocenters. The van der Waals surface area contributed by atoms with Crippen LogP contribution in [0.3, 0.4) is 0 Å². The van der Waals surface area contributed by atoms with Crippen LogP contribution in [0.4, 0.5) is 0 Å². The first-order chi connectivity index (χ1) is 12.7. The molecule has 4 heteroatoms. The first-order valence-electron chi connectivity index (χ1n) is 8.70. The highest BCUT2D eigenvalue weighted by Gasteiger charge is 2.21. The van der Waals surface area contributed by atoms with Crippen molar-refractivity contribution >= 4 is 18.1 Å². The van der Waals surface area contributed by atoms with E-state index in [1.165, 1.54) is 0 Å². The largest absolute Gasteiger partial charge is 0.462 e. The second kappa shape index (κ2) is 8.30. The number of hydrogen-bond acceptors (Lipinski definition) is 3. The summed E-state index contributed by atoms with van der Waals surface area (Å²) in [6.07, 6.45) is 3.92. The van der Waals surface area contributed by atoms with Gasteiger partial charge in [-0.3, -0.25) is 4.68 Å². The third-order valence-corrected chi connectivity index (χ3v) is 4.05. The number of esters is 1. The number of nitrogens with zero attached hydrogens (tertiary/aromatic N) is 2. The molecule has 0 saturated heterocycles. The first-order valence-corrected chi connectivity index (χ1v) is 8.70. The zero-order valence-corrected chi connectivity index (χ0v) is 15.1. The third-order valence-electron chi connectivity index (χ3n) is 4.05. The average Bonchev–Trinajstić information content (AvgIpc) is 2.97. The third kappa shape index (κ3) is 4.09. The second-order valence-corrected chi connectivity index (χ2v) is 5.95. The van der Waals surface area contributed by atoms with E-state index in [1.807, 2.05) is 84.4 Å². The van der Waals surface area contributed by atoms with Crippen LogP contribution in [0.2, 0.25) is 0 Å². The summed E-state index contributed by atoms with van der Waals surface area (Å²) in [5.74, 6) is -0.336. The molecule has 0 spiro atoms. The standard InChI is InChI=1S/C22H22N2O2/c1-3-26-22(25)21-17(2)23-24(16-19-12-8-5-9-13-19)20(21)15-14-18-10-6-4-7-11-18/h4-15H,3,16H2,1-2H3/b15-14+. The van der Waals surface area contributed by atoms with Gasteiger partial charge < -0.3 is 4.74 Å². The number of benzene rings is 2. The molecule has 0 radical (unpaired) electrons. The Bertz CT molecular complexity index is 897. The Morgan fingerprint density at radius 1 is 1.04 bits per heavy atom. The number of aryl methyl sites for hydroxylation is 1. The van der Waals surface area contributed by atoms with E-state index >= 15 is 0 Å². The Balaban J connectivity index is 2.02. The van der Waals surface area contributed by atoms with Gasteiger partial charge >= 0.3 is 5.97 Å². The highest BCUT2D eigenvalue weighted by Crippen LogP contribution is 2.20. The minimum Gasteiger partial charge on any atom is -0.462 e. The Kier molecular flexibility index (Phi) is 5.64. The zero-order chi connectivity index (χ0) is 18.4. The molecule has 0 N–H and O–H groups in total. The molecule has 0 saturated carbocycles. The maximum absolute atomic E-state index is 12.5. The van der Waals surface area contributed by atoms with Gasteiger partial charge in [-0.25, -0.2) is 4.79 Å². The van der Waals surface area contributed by atoms with Crippen LogP contribution < -0.4 is 0 Å². The maximum atomic E-state index is 12.5. The van der Waals surface area contributed by atoms with Crippen LogP contribution in [0.1, 0.15) is 39.8 Å². The molecule has 0 fully saturated rings. The van der Waals surface area contributed by atoms with Crippen LogP contribution in [0.25, 0.3) is 12.2 Å². The van der Waals surface area contributed by atoms with E-state index in [0.29, 0.717) is 24.4 Å². The summed E-state index contributed by atoms with van der Waals surface area (Å²) >= 11 is 0. The van der Waals surface area contributed by atoms with Gasteiger partial charge in [0.15, 0.2) is 0 Å². The summed E-state index contributed by atoms with van der Waals surface area (Å²) in [5.41, 5.74) is 4.14. The fourth-order valence-corrected chi connectivity index (χ4v) is 2.84. The molecule has 4 nitrogen and oxygen atoms in total. The van der Waals surface area contributed by atoms with E-state index in [-0.39, 0.29) is 5.97 Å². The van der Waals surface area contributed by atoms with Crippen molar-refractivity contribution in [3.63, 3.8) is 0 Å². The fourth-order valence-electron chi connectivity index (χ4n) is 2.84. The van der Waals surface area contributed by atoms with E-state index in [0.717, 1.165) is 16.8 Å². The molecule has 2 aromatic carbocycles. The number of aromatic nitrogens is 2. The van der Waals surface area contributed by atoms with Gasteiger partial charge in [0.1, 0.15) is 5.56 Å². The molecule has 3 rings (SSSR count). The lowest BCUT2D eigenvalue weighted by atomic mass is 10.1. The molecule has 0 aliphatic heterocycles. The second-order valence-electron chi connectivity index (χ2n) is 5.95. The first kappa shape index (κ1) is 17.7. The summed E-state index contributed by atoms with van der Waals surface area (Å²) in [5, 5.41) is 4.59. The number of rotatable bonds is 6. The van der Waals surface area contributed by atoms with Gasteiger partial charge in [-0.15, -0.1) is 0 Å². The SMILES string of the molecule is CCOC(=O)c1c(C)nn(Cc2ccccc2)c1/C=C/c1ccccc1. The smallest absolute Gasteiger partial charge is 0.342 e. The Morgan fingerprint density at radius 3 is 2.35 bits per heavy atom. The lowest BCUT2D eigenvalue weighted by Gasteiger charge is -2.07. The molecule has 3 aromatic rings. The van der Waals surface area contributed by atoms with Crippen molar-refractivity contribution in [2.24, 2.45) is 0 Å². The van der Waals surface area contributed by atoms with Crippen molar-refractivity contribution < 1.29 is 9.53 Å². The average molecular weight is 346 g/mol. The molecule has 1 heterocycles. The van der Waals surface area contributed by atoms with Crippen molar-refractivity contribution in [2.75, 3.05) is 6.61 Å². The lowest BCUT2D eigenvalue weighted by Crippen LogP contribution is -2.09. The predicted octanol–water partition coefficient (Wildman–Crippen LogP) is 4.59. The Labute approximate surface area is 153 Å². The van der Waals surface area contributed by atoms with Crippen LogP contribution in [-0.4, -0.2) is 22.4 Å². The summed E-state index contributed by atoms with van der Waals surface area (Å²) < 4.78 is 7.10. The lowest BCUT2D eigenvalue weighted by molar-refractivity contribution is 0.0525. The van der Waals surface area contributed by atoms with E-state index < -0.39 is 0 Å². The molecular formula is C22H22N2O2. The Hall–Kier alpha value is -3.14. The van der Waals surface area contributed by atoms with Gasteiger partial charge in [0.2, 0.25) is 0 Å². The van der Waals surface area contributed by atoms with Crippen molar-refractivity contribution in [1.29, 1.82) is 0 Å². The van der Waals surface area contributed by atoms with Crippen molar-refractivity contribution in [2.45, 2.75) is 20.4 Å². The van der Waals surface area contributed by atoms with Crippen LogP contribution in [0.5, 0.6) is 0 Å². The van der Waals surface area contributed by atoms with Crippen LogP contribution in [0.15, 0.2) is 60.7 Å². The van der Waals surface area contributed by atoms with E-state index in [2.05, 4.69) is 5.10 Å². The van der Waals surface area contributed by atoms with Crippen LogP contribution >= 0.6 is 0 Å². The Morgan fingerprint density at radius 2 is 1.69 bits per heavy atom. The van der Waals surface area contributed by atoms with Gasteiger partial charge in [0.25, 0.3) is 0 Å². The van der Waals surface area contributed by atoms with Gasteiger partial charge in [0.05, 0.1) is 24.5 Å². The molecule has 0 aliphatic carbocycles. The van der Waals surface area contributed by atoms with Crippen molar-refractivity contribution in [1.82, 2.24) is 9.78 Å². The molecule has 0 aliphatic rings. The maximum Gasteiger partial charge on any atom is 0.342 e. The predicted molar refractivity (Wildman–Crippen MR) is 104 cm³/mol. The molecular weight excluding hydrogens is 324 g/mol. The number of carbonyl (C=O) groups excluding carboxylic acids is 1. The summed E-state index contributed by atoms with van der Waals surface area (Å²) in [7, 11) is 0. The molecule has 0 bridgehead atoms. The summed E-state index contributed by atoms with van der Waals surface area (Å²) in [6, 6.07) is 20.1. The highest BCUT2D eigenvalue weighted by molar-refractivity contribution is 5.95. The number of hydrogen-bond donors (Lipinski definition) is 0. The van der Waals surface area contributed by atoms with Gasteiger partial charge in [-0.2, -0.15) is 5.10 Å².